The van der Waals surface area contributed by atoms with E-state index in [9.17, 15) is 4.79 Å². The van der Waals surface area contributed by atoms with Gasteiger partial charge in [0.2, 0.25) is 8.32 Å². The van der Waals surface area contributed by atoms with Crippen molar-refractivity contribution in [1.82, 2.24) is 0 Å². The summed E-state index contributed by atoms with van der Waals surface area (Å²) in [5.74, 6) is 0.800. The standard InChI is InChI=1S/C21H33NO3Si/c1-9-19-20(25-26(14(2)3,15(4)5)16(6)7)21(23)22(19)17-10-12-18(24-8)13-11-17/h9-16,19-20H,1H2,2-8H3. The van der Waals surface area contributed by atoms with Gasteiger partial charge in [0.05, 0.1) is 13.2 Å². The molecule has 4 nitrogen and oxygen atoms in total. The van der Waals surface area contributed by atoms with Crippen molar-refractivity contribution in [3.8, 4) is 5.75 Å². The van der Waals surface area contributed by atoms with Crippen LogP contribution in [-0.4, -0.2) is 33.5 Å². The molecule has 144 valence electrons. The maximum atomic E-state index is 13.0. The molecule has 1 aliphatic rings. The molecule has 0 radical (unpaired) electrons. The largest absolute Gasteiger partial charge is 0.497 e. The van der Waals surface area contributed by atoms with Crippen LogP contribution in [0.4, 0.5) is 5.69 Å². The maximum absolute atomic E-state index is 13.0. The van der Waals surface area contributed by atoms with Gasteiger partial charge in [-0.2, -0.15) is 0 Å². The number of amides is 1. The zero-order chi connectivity index (χ0) is 19.6. The lowest BCUT2D eigenvalue weighted by molar-refractivity contribution is -0.134. The topological polar surface area (TPSA) is 38.8 Å². The summed E-state index contributed by atoms with van der Waals surface area (Å²) in [5.41, 5.74) is 2.17. The van der Waals surface area contributed by atoms with Crippen molar-refractivity contribution in [2.75, 3.05) is 12.0 Å². The van der Waals surface area contributed by atoms with E-state index in [1.807, 2.05) is 30.3 Å². The Bertz CT molecular complexity index is 617. The van der Waals surface area contributed by atoms with Gasteiger partial charge in [0.15, 0.2) is 0 Å². The van der Waals surface area contributed by atoms with Gasteiger partial charge in [-0.25, -0.2) is 0 Å². The van der Waals surface area contributed by atoms with Gasteiger partial charge in [-0.05, 0) is 40.9 Å². The molecule has 0 spiro atoms. The van der Waals surface area contributed by atoms with Gasteiger partial charge in [-0.3, -0.25) is 4.79 Å². The van der Waals surface area contributed by atoms with Gasteiger partial charge in [0.1, 0.15) is 11.9 Å². The van der Waals surface area contributed by atoms with E-state index in [1.54, 1.807) is 12.0 Å². The number of methoxy groups -OCH3 is 1. The van der Waals surface area contributed by atoms with E-state index in [0.717, 1.165) is 11.4 Å². The number of benzene rings is 1. The predicted molar refractivity (Wildman–Crippen MR) is 110 cm³/mol. The number of hydrogen-bond acceptors (Lipinski definition) is 3. The molecule has 1 saturated heterocycles. The van der Waals surface area contributed by atoms with E-state index in [0.29, 0.717) is 16.6 Å². The lowest BCUT2D eigenvalue weighted by Gasteiger charge is -2.52. The number of anilines is 1. The van der Waals surface area contributed by atoms with Gasteiger partial charge in [-0.15, -0.1) is 6.58 Å². The molecule has 1 aliphatic heterocycles. The molecule has 0 aromatic heterocycles. The summed E-state index contributed by atoms with van der Waals surface area (Å²) in [4.78, 5) is 14.8. The smallest absolute Gasteiger partial charge is 0.258 e. The first-order chi connectivity index (χ1) is 12.2. The first-order valence-electron chi connectivity index (χ1n) is 9.48. The molecule has 1 heterocycles. The highest BCUT2D eigenvalue weighted by Crippen LogP contribution is 2.45. The van der Waals surface area contributed by atoms with Crippen LogP contribution >= 0.6 is 0 Å². The summed E-state index contributed by atoms with van der Waals surface area (Å²) >= 11 is 0. The van der Waals surface area contributed by atoms with E-state index in [4.69, 9.17) is 9.16 Å². The Kier molecular flexibility index (Phi) is 6.35. The summed E-state index contributed by atoms with van der Waals surface area (Å²) in [7, 11) is -0.488. The van der Waals surface area contributed by atoms with Crippen LogP contribution in [0.1, 0.15) is 41.5 Å². The van der Waals surface area contributed by atoms with Gasteiger partial charge >= 0.3 is 0 Å². The van der Waals surface area contributed by atoms with Crippen molar-refractivity contribution in [2.24, 2.45) is 0 Å². The van der Waals surface area contributed by atoms with Crippen molar-refractivity contribution in [2.45, 2.75) is 70.3 Å². The van der Waals surface area contributed by atoms with Gasteiger partial charge < -0.3 is 14.1 Å². The fourth-order valence-electron chi connectivity index (χ4n) is 4.50. The Morgan fingerprint density at radius 1 is 1.04 bits per heavy atom. The average molecular weight is 376 g/mol. The zero-order valence-corrected chi connectivity index (χ0v) is 18.2. The van der Waals surface area contributed by atoms with Gasteiger partial charge in [0.25, 0.3) is 5.91 Å². The monoisotopic (exact) mass is 375 g/mol. The molecule has 2 rings (SSSR count). The number of ether oxygens (including phenoxy) is 1. The van der Waals surface area contributed by atoms with Crippen molar-refractivity contribution in [3.63, 3.8) is 0 Å². The fraction of sp³-hybridized carbons (Fsp3) is 0.571. The fourth-order valence-corrected chi connectivity index (χ4v) is 10.00. The van der Waals surface area contributed by atoms with Crippen molar-refractivity contribution in [1.29, 1.82) is 0 Å². The molecule has 1 amide bonds. The minimum Gasteiger partial charge on any atom is -0.497 e. The minimum atomic E-state index is -2.12. The second kappa shape index (κ2) is 7.97. The van der Waals surface area contributed by atoms with Crippen LogP contribution < -0.4 is 9.64 Å². The number of hydrogen-bond donors (Lipinski definition) is 0. The highest BCUT2D eigenvalue weighted by atomic mass is 28.4. The number of rotatable bonds is 8. The van der Waals surface area contributed by atoms with Crippen LogP contribution in [0.25, 0.3) is 0 Å². The Morgan fingerprint density at radius 2 is 1.54 bits per heavy atom. The average Bonchev–Trinajstić information content (AvgIpc) is 2.59. The van der Waals surface area contributed by atoms with E-state index in [-0.39, 0.29) is 11.9 Å². The first-order valence-corrected chi connectivity index (χ1v) is 11.6. The van der Waals surface area contributed by atoms with E-state index >= 15 is 0 Å². The second-order valence-electron chi connectivity index (χ2n) is 7.99. The molecule has 1 fully saturated rings. The molecular weight excluding hydrogens is 342 g/mol. The van der Waals surface area contributed by atoms with E-state index in [1.165, 1.54) is 0 Å². The first kappa shape index (κ1) is 20.7. The third kappa shape index (κ3) is 3.34. The molecule has 0 saturated carbocycles. The normalized spacial score (nSPS) is 20.7. The second-order valence-corrected chi connectivity index (χ2v) is 13.4. The maximum Gasteiger partial charge on any atom is 0.258 e. The third-order valence-corrected chi connectivity index (χ3v) is 11.8. The van der Waals surface area contributed by atoms with Crippen molar-refractivity contribution < 1.29 is 14.0 Å². The molecule has 26 heavy (non-hydrogen) atoms. The summed E-state index contributed by atoms with van der Waals surface area (Å²) in [6, 6.07) is 7.42. The number of nitrogens with zero attached hydrogens (tertiary/aromatic N) is 1. The van der Waals surface area contributed by atoms with Crippen LogP contribution in [0.5, 0.6) is 5.75 Å². The third-order valence-electron chi connectivity index (χ3n) is 5.72. The summed E-state index contributed by atoms with van der Waals surface area (Å²) in [6.45, 7) is 17.4. The van der Waals surface area contributed by atoms with E-state index < -0.39 is 14.4 Å². The number of β-lactam (4-membered cyclic amide) rings is 1. The van der Waals surface area contributed by atoms with Crippen LogP contribution in [0, 0.1) is 0 Å². The zero-order valence-electron chi connectivity index (χ0n) is 17.2. The quantitative estimate of drug-likeness (QED) is 0.358. The molecular formula is C21H33NO3Si. The predicted octanol–water partition coefficient (Wildman–Crippen LogP) is 5.16. The Morgan fingerprint density at radius 3 is 1.92 bits per heavy atom. The van der Waals surface area contributed by atoms with Crippen molar-refractivity contribution in [3.05, 3.63) is 36.9 Å². The van der Waals surface area contributed by atoms with Crippen LogP contribution in [0.2, 0.25) is 16.6 Å². The number of carbonyl (C=O) groups is 1. The Hall–Kier alpha value is -1.59. The molecule has 5 heteroatoms. The summed E-state index contributed by atoms with van der Waals surface area (Å²) in [6.07, 6.45) is 1.41. The van der Waals surface area contributed by atoms with Gasteiger partial charge in [-0.1, -0.05) is 47.6 Å². The molecule has 0 aliphatic carbocycles. The molecule has 0 bridgehead atoms. The number of carbonyl (C=O) groups excluding carboxylic acids is 1. The minimum absolute atomic E-state index is 0.0268. The van der Waals surface area contributed by atoms with Crippen LogP contribution in [0.15, 0.2) is 36.9 Å². The van der Waals surface area contributed by atoms with Crippen molar-refractivity contribution >= 4 is 19.9 Å². The molecule has 2 atom stereocenters. The van der Waals surface area contributed by atoms with E-state index in [2.05, 4.69) is 48.1 Å². The Balaban J connectivity index is 2.28. The lowest BCUT2D eigenvalue weighted by atomic mass is 9.97. The van der Waals surface area contributed by atoms with Crippen LogP contribution in [0.3, 0.4) is 0 Å². The highest BCUT2D eigenvalue weighted by molar-refractivity contribution is 6.77. The molecule has 1 aromatic rings. The van der Waals surface area contributed by atoms with Gasteiger partial charge in [0, 0.05) is 5.69 Å². The molecule has 1 aromatic carbocycles. The highest BCUT2D eigenvalue weighted by Gasteiger charge is 2.55. The Labute approximate surface area is 159 Å². The summed E-state index contributed by atoms with van der Waals surface area (Å²) in [5, 5.41) is 0. The SMILES string of the molecule is C=CC1C(O[Si](C(C)C)(C(C)C)C(C)C)C(=O)N1c1ccc(OC)cc1. The summed E-state index contributed by atoms with van der Waals surface area (Å²) < 4.78 is 11.9. The van der Waals surface area contributed by atoms with Crippen LogP contribution in [-0.2, 0) is 9.22 Å². The molecule has 2 unspecified atom stereocenters. The molecule has 0 N–H and O–H groups in total. The lowest BCUT2D eigenvalue weighted by Crippen LogP contribution is -2.69.